The number of hydrogen-bond donors (Lipinski definition) is 1. The normalized spacial score (nSPS) is 16.8. The Morgan fingerprint density at radius 1 is 1.20 bits per heavy atom. The van der Waals surface area contributed by atoms with Gasteiger partial charge in [0.1, 0.15) is 0 Å². The molecule has 0 bridgehead atoms. The summed E-state index contributed by atoms with van der Waals surface area (Å²) in [5.74, 6) is 0.0381. The van der Waals surface area contributed by atoms with Gasteiger partial charge in [-0.2, -0.15) is 0 Å². The van der Waals surface area contributed by atoms with Crippen molar-refractivity contribution in [3.05, 3.63) is 29.8 Å². The lowest BCUT2D eigenvalue weighted by Crippen LogP contribution is -2.32. The molecule has 1 fully saturated rings. The molecule has 1 atom stereocenters. The van der Waals surface area contributed by atoms with Gasteiger partial charge in [0.15, 0.2) is 0 Å². The van der Waals surface area contributed by atoms with Crippen LogP contribution in [-0.2, 0) is 0 Å². The molecular weight excluding hydrogens is 248 g/mol. The van der Waals surface area contributed by atoms with Crippen LogP contribution in [0.25, 0.3) is 0 Å². The van der Waals surface area contributed by atoms with E-state index in [4.69, 9.17) is 0 Å². The first-order valence-electron chi connectivity index (χ1n) is 7.86. The van der Waals surface area contributed by atoms with Crippen LogP contribution in [-0.4, -0.2) is 25.0 Å². The summed E-state index contributed by atoms with van der Waals surface area (Å²) in [4.78, 5) is 14.5. The largest absolute Gasteiger partial charge is 0.372 e. The molecule has 0 radical (unpaired) electrons. The fraction of sp³-hybridized carbons (Fsp3) is 0.588. The Labute approximate surface area is 122 Å². The number of anilines is 1. The summed E-state index contributed by atoms with van der Waals surface area (Å²) >= 11 is 0. The van der Waals surface area contributed by atoms with Crippen LogP contribution in [0.3, 0.4) is 0 Å². The molecule has 1 aliphatic heterocycles. The Morgan fingerprint density at radius 3 is 2.45 bits per heavy atom. The van der Waals surface area contributed by atoms with Gasteiger partial charge >= 0.3 is 0 Å². The van der Waals surface area contributed by atoms with Crippen LogP contribution in [0.4, 0.5) is 5.69 Å². The van der Waals surface area contributed by atoms with Gasteiger partial charge in [0.05, 0.1) is 0 Å². The summed E-state index contributed by atoms with van der Waals surface area (Å²) in [7, 11) is 0. The van der Waals surface area contributed by atoms with E-state index >= 15 is 0 Å². The van der Waals surface area contributed by atoms with Gasteiger partial charge in [-0.05, 0) is 56.9 Å². The van der Waals surface area contributed by atoms with Crippen LogP contribution in [0.5, 0.6) is 0 Å². The number of piperidine rings is 1. The molecule has 1 aromatic carbocycles. The van der Waals surface area contributed by atoms with Crippen molar-refractivity contribution in [2.45, 2.75) is 52.0 Å². The van der Waals surface area contributed by atoms with Gasteiger partial charge in [-0.15, -0.1) is 0 Å². The lowest BCUT2D eigenvalue weighted by molar-refractivity contribution is 0.0938. The summed E-state index contributed by atoms with van der Waals surface area (Å²) in [5.41, 5.74) is 2.00. The van der Waals surface area contributed by atoms with Crippen LogP contribution in [0.15, 0.2) is 24.3 Å². The van der Waals surface area contributed by atoms with E-state index in [0.29, 0.717) is 0 Å². The monoisotopic (exact) mass is 274 g/mol. The number of hydrogen-bond acceptors (Lipinski definition) is 2. The molecule has 20 heavy (non-hydrogen) atoms. The molecule has 1 heterocycles. The van der Waals surface area contributed by atoms with Gasteiger partial charge in [-0.3, -0.25) is 4.79 Å². The van der Waals surface area contributed by atoms with Gasteiger partial charge in [0.2, 0.25) is 0 Å². The topological polar surface area (TPSA) is 32.3 Å². The zero-order valence-electron chi connectivity index (χ0n) is 12.7. The van der Waals surface area contributed by atoms with Crippen LogP contribution in [0.1, 0.15) is 56.3 Å². The molecule has 110 valence electrons. The van der Waals surface area contributed by atoms with Crippen LogP contribution in [0, 0.1) is 0 Å². The highest BCUT2D eigenvalue weighted by molar-refractivity contribution is 5.94. The van der Waals surface area contributed by atoms with Crippen molar-refractivity contribution in [1.82, 2.24) is 5.32 Å². The Kier molecular flexibility index (Phi) is 5.45. The molecule has 1 N–H and O–H groups in total. The van der Waals surface area contributed by atoms with Crippen LogP contribution in [0.2, 0.25) is 0 Å². The predicted molar refractivity (Wildman–Crippen MR) is 84.3 cm³/mol. The van der Waals surface area contributed by atoms with E-state index in [1.165, 1.54) is 24.9 Å². The molecule has 3 heteroatoms. The number of carbonyl (C=O) groups is 1. The van der Waals surface area contributed by atoms with E-state index in [-0.39, 0.29) is 11.9 Å². The Hall–Kier alpha value is -1.51. The van der Waals surface area contributed by atoms with Gasteiger partial charge in [-0.25, -0.2) is 0 Å². The van der Waals surface area contributed by atoms with Crippen molar-refractivity contribution in [2.75, 3.05) is 18.0 Å². The van der Waals surface area contributed by atoms with E-state index in [1.807, 2.05) is 12.1 Å². The summed E-state index contributed by atoms with van der Waals surface area (Å²) in [6.07, 6.45) is 6.01. The number of amides is 1. The number of carbonyl (C=O) groups excluding carboxylic acids is 1. The summed E-state index contributed by atoms with van der Waals surface area (Å²) in [6, 6.07) is 8.28. The van der Waals surface area contributed by atoms with Crippen molar-refractivity contribution in [1.29, 1.82) is 0 Å². The molecule has 1 aliphatic rings. The van der Waals surface area contributed by atoms with Gasteiger partial charge in [0.25, 0.3) is 5.91 Å². The van der Waals surface area contributed by atoms with E-state index in [9.17, 15) is 4.79 Å². The standard InChI is InChI=1S/C17H26N2O/c1-3-7-14(2)18-17(20)15-8-10-16(11-9-15)19-12-5-4-6-13-19/h8-11,14H,3-7,12-13H2,1-2H3,(H,18,20). The minimum atomic E-state index is 0.0381. The zero-order chi connectivity index (χ0) is 14.4. The predicted octanol–water partition coefficient (Wildman–Crippen LogP) is 3.60. The lowest BCUT2D eigenvalue weighted by atomic mass is 10.1. The molecule has 3 nitrogen and oxygen atoms in total. The zero-order valence-corrected chi connectivity index (χ0v) is 12.7. The Balaban J connectivity index is 1.95. The third kappa shape index (κ3) is 3.99. The smallest absolute Gasteiger partial charge is 0.251 e. The molecule has 1 amide bonds. The van der Waals surface area contributed by atoms with Crippen molar-refractivity contribution in [3.63, 3.8) is 0 Å². The Bertz CT molecular complexity index is 421. The van der Waals surface area contributed by atoms with Crippen molar-refractivity contribution in [2.24, 2.45) is 0 Å². The quantitative estimate of drug-likeness (QED) is 0.890. The minimum Gasteiger partial charge on any atom is -0.372 e. The molecule has 0 spiro atoms. The van der Waals surface area contributed by atoms with Gasteiger partial charge in [-0.1, -0.05) is 13.3 Å². The van der Waals surface area contributed by atoms with Gasteiger partial charge < -0.3 is 10.2 Å². The van der Waals surface area contributed by atoms with Gasteiger partial charge in [0, 0.05) is 30.4 Å². The molecule has 1 aromatic rings. The van der Waals surface area contributed by atoms with E-state index in [1.54, 1.807) is 0 Å². The first-order valence-corrected chi connectivity index (χ1v) is 7.86. The number of benzene rings is 1. The molecule has 0 saturated carbocycles. The van der Waals surface area contributed by atoms with Crippen LogP contribution >= 0.6 is 0 Å². The van der Waals surface area contributed by atoms with E-state index < -0.39 is 0 Å². The summed E-state index contributed by atoms with van der Waals surface area (Å²) in [6.45, 7) is 6.47. The highest BCUT2D eigenvalue weighted by atomic mass is 16.1. The summed E-state index contributed by atoms with van der Waals surface area (Å²) < 4.78 is 0. The average Bonchev–Trinajstić information content (AvgIpc) is 2.48. The van der Waals surface area contributed by atoms with Crippen LogP contribution < -0.4 is 10.2 Å². The fourth-order valence-electron chi connectivity index (χ4n) is 2.79. The second kappa shape index (κ2) is 7.32. The average molecular weight is 274 g/mol. The van der Waals surface area contributed by atoms with Crippen molar-refractivity contribution < 1.29 is 4.79 Å². The second-order valence-electron chi connectivity index (χ2n) is 5.76. The Morgan fingerprint density at radius 2 is 1.85 bits per heavy atom. The maximum atomic E-state index is 12.1. The molecule has 1 saturated heterocycles. The van der Waals surface area contributed by atoms with Crippen molar-refractivity contribution >= 4 is 11.6 Å². The molecule has 0 aliphatic carbocycles. The molecule has 0 aromatic heterocycles. The number of rotatable bonds is 5. The summed E-state index contributed by atoms with van der Waals surface area (Å²) in [5, 5.41) is 3.04. The SMILES string of the molecule is CCCC(C)NC(=O)c1ccc(N2CCCCC2)cc1. The first kappa shape index (κ1) is 14.9. The van der Waals surface area contributed by atoms with Crippen molar-refractivity contribution in [3.8, 4) is 0 Å². The highest BCUT2D eigenvalue weighted by Crippen LogP contribution is 2.20. The number of nitrogens with zero attached hydrogens (tertiary/aromatic N) is 1. The van der Waals surface area contributed by atoms with E-state index in [2.05, 4.69) is 36.2 Å². The second-order valence-corrected chi connectivity index (χ2v) is 5.76. The fourth-order valence-corrected chi connectivity index (χ4v) is 2.79. The lowest BCUT2D eigenvalue weighted by Gasteiger charge is -2.28. The maximum Gasteiger partial charge on any atom is 0.251 e. The molecule has 2 rings (SSSR count). The first-order chi connectivity index (χ1) is 9.70. The third-order valence-electron chi connectivity index (χ3n) is 3.95. The molecular formula is C17H26N2O. The third-order valence-corrected chi connectivity index (χ3v) is 3.95. The molecule has 1 unspecified atom stereocenters. The minimum absolute atomic E-state index is 0.0381. The highest BCUT2D eigenvalue weighted by Gasteiger charge is 2.12. The van der Waals surface area contributed by atoms with E-state index in [0.717, 1.165) is 31.5 Å². The number of nitrogens with one attached hydrogen (secondary N) is 1. The maximum absolute atomic E-state index is 12.1.